The molecule has 4 aromatic carbocycles. The molecular weight excluding hydrogens is 504 g/mol. The van der Waals surface area contributed by atoms with Gasteiger partial charge in [-0.05, 0) is 53.8 Å². The SMILES string of the molecule is CN(C)Cc1ccccc1Pc1cc(-c2ccccc2)cc(-c2ccccc2)c1O.[Cl][Ti][Cl]. The van der Waals surface area contributed by atoms with Crippen molar-refractivity contribution in [3.8, 4) is 28.0 Å². The Kier molecular flexibility index (Phi) is 10.5. The number of phenols is 1. The van der Waals surface area contributed by atoms with Gasteiger partial charge in [0.2, 0.25) is 0 Å². The molecule has 0 spiro atoms. The zero-order valence-corrected chi connectivity index (χ0v) is 22.7. The predicted molar refractivity (Wildman–Crippen MR) is 142 cm³/mol. The number of phenolic OH excluding ortho intramolecular Hbond substituents is 1. The summed E-state index contributed by atoms with van der Waals surface area (Å²) in [5.41, 5.74) is 5.48. The third-order valence-corrected chi connectivity index (χ3v) is 6.48. The molecule has 0 aromatic heterocycles. The molecule has 0 aliphatic rings. The van der Waals surface area contributed by atoms with Gasteiger partial charge in [-0.15, -0.1) is 0 Å². The third kappa shape index (κ3) is 7.42. The Morgan fingerprint density at radius 3 is 1.88 bits per heavy atom. The molecule has 1 N–H and O–H groups in total. The zero-order chi connectivity index (χ0) is 23.6. The van der Waals surface area contributed by atoms with Gasteiger partial charge in [0.15, 0.2) is 0 Å². The van der Waals surface area contributed by atoms with Gasteiger partial charge >= 0.3 is 35.6 Å². The van der Waals surface area contributed by atoms with Crippen LogP contribution in [0.1, 0.15) is 5.56 Å². The molecule has 0 saturated carbocycles. The van der Waals surface area contributed by atoms with Crippen LogP contribution in [-0.2, 0) is 23.6 Å². The van der Waals surface area contributed by atoms with Crippen molar-refractivity contribution >= 4 is 37.8 Å². The van der Waals surface area contributed by atoms with Gasteiger partial charge in [0, 0.05) is 17.4 Å². The number of benzene rings is 4. The van der Waals surface area contributed by atoms with E-state index in [0.29, 0.717) is 14.3 Å². The molecule has 4 rings (SSSR count). The second kappa shape index (κ2) is 13.3. The first-order valence-electron chi connectivity index (χ1n) is 10.5. The molecular formula is C27H26Cl2NOPTi. The van der Waals surface area contributed by atoms with E-state index in [1.165, 1.54) is 10.9 Å². The predicted octanol–water partition coefficient (Wildman–Crippen LogP) is 6.79. The van der Waals surface area contributed by atoms with Gasteiger partial charge in [0.05, 0.1) is 0 Å². The minimum atomic E-state index is -0.556. The summed E-state index contributed by atoms with van der Waals surface area (Å²) in [6.45, 7) is 0.883. The average molecular weight is 530 g/mol. The number of rotatable bonds is 6. The van der Waals surface area contributed by atoms with E-state index < -0.39 is 17.0 Å². The fraction of sp³-hybridized carbons (Fsp3) is 0.111. The minimum absolute atomic E-state index is 0.374. The summed E-state index contributed by atoms with van der Waals surface area (Å²) in [7, 11) is 14.3. The Balaban J connectivity index is 0.000000968. The molecule has 2 nitrogen and oxygen atoms in total. The normalized spacial score (nSPS) is 10.8. The van der Waals surface area contributed by atoms with E-state index in [4.69, 9.17) is 18.6 Å². The van der Waals surface area contributed by atoms with Crippen LogP contribution in [0.25, 0.3) is 22.3 Å². The summed E-state index contributed by atoms with van der Waals surface area (Å²) in [4.78, 5) is 2.18. The Morgan fingerprint density at radius 1 is 0.727 bits per heavy atom. The summed E-state index contributed by atoms with van der Waals surface area (Å²) in [5.74, 6) is 0.374. The van der Waals surface area contributed by atoms with Crippen LogP contribution < -0.4 is 10.6 Å². The summed E-state index contributed by atoms with van der Waals surface area (Å²) in [6, 6.07) is 33.3. The van der Waals surface area contributed by atoms with Gasteiger partial charge in [0.1, 0.15) is 5.75 Å². The molecule has 0 fully saturated rings. The topological polar surface area (TPSA) is 23.5 Å². The van der Waals surface area contributed by atoms with Gasteiger partial charge in [0.25, 0.3) is 0 Å². The van der Waals surface area contributed by atoms with Crippen molar-refractivity contribution in [3.05, 3.63) is 103 Å². The molecule has 0 amide bonds. The average Bonchev–Trinajstić information content (AvgIpc) is 2.83. The summed E-state index contributed by atoms with van der Waals surface area (Å²) in [5, 5.41) is 13.5. The van der Waals surface area contributed by atoms with Gasteiger partial charge in [-0.25, -0.2) is 0 Å². The number of halogens is 2. The fourth-order valence-corrected chi connectivity index (χ4v) is 4.90. The first-order valence-corrected chi connectivity index (χ1v) is 15.8. The Hall–Kier alpha value is -1.64. The van der Waals surface area contributed by atoms with Crippen LogP contribution in [0.4, 0.5) is 0 Å². The van der Waals surface area contributed by atoms with E-state index in [2.05, 4.69) is 91.8 Å². The van der Waals surface area contributed by atoms with Crippen LogP contribution in [0.3, 0.4) is 0 Å². The van der Waals surface area contributed by atoms with E-state index in [1.807, 2.05) is 24.3 Å². The fourth-order valence-electron chi connectivity index (χ4n) is 3.63. The monoisotopic (exact) mass is 529 g/mol. The van der Waals surface area contributed by atoms with Crippen molar-refractivity contribution in [3.63, 3.8) is 0 Å². The third-order valence-electron chi connectivity index (χ3n) is 5.08. The number of hydrogen-bond donors (Lipinski definition) is 1. The van der Waals surface area contributed by atoms with Crippen molar-refractivity contribution in [1.82, 2.24) is 4.90 Å². The Morgan fingerprint density at radius 2 is 1.27 bits per heavy atom. The summed E-state index contributed by atoms with van der Waals surface area (Å²) < 4.78 is 0. The second-order valence-corrected chi connectivity index (χ2v) is 11.6. The molecule has 0 radical (unpaired) electrons. The standard InChI is InChI=1S/C27H26NOP.2ClH.Ti/c1-28(2)19-22-15-9-10-16-25(22)30-26-18-23(20-11-5-3-6-12-20)17-24(27(26)29)21-13-7-4-8-14-21;;;/h3-18,29-30H,19H2,1-2H3;2*1H;/q;;;+2/p-2. The van der Waals surface area contributed by atoms with Crippen molar-refractivity contribution in [2.45, 2.75) is 6.54 Å². The van der Waals surface area contributed by atoms with E-state index in [9.17, 15) is 5.11 Å². The molecule has 0 saturated heterocycles. The van der Waals surface area contributed by atoms with E-state index in [-0.39, 0.29) is 0 Å². The second-order valence-electron chi connectivity index (χ2n) is 7.74. The molecule has 0 bridgehead atoms. The number of nitrogens with zero attached hydrogens (tertiary/aromatic N) is 1. The molecule has 1 unspecified atom stereocenters. The Labute approximate surface area is 215 Å². The zero-order valence-electron chi connectivity index (χ0n) is 18.6. The van der Waals surface area contributed by atoms with Gasteiger partial charge in [-0.2, -0.15) is 0 Å². The van der Waals surface area contributed by atoms with Crippen molar-refractivity contribution in [2.24, 2.45) is 0 Å². The summed E-state index contributed by atoms with van der Waals surface area (Å²) >= 11 is -0.556. The van der Waals surface area contributed by atoms with Crippen molar-refractivity contribution < 1.29 is 22.1 Å². The molecule has 33 heavy (non-hydrogen) atoms. The first-order chi connectivity index (χ1) is 16.0. The summed E-state index contributed by atoms with van der Waals surface area (Å²) in [6.07, 6.45) is 0. The van der Waals surface area contributed by atoms with Gasteiger partial charge in [-0.1, -0.05) is 93.5 Å². The van der Waals surface area contributed by atoms with Gasteiger partial charge in [-0.3, -0.25) is 0 Å². The van der Waals surface area contributed by atoms with E-state index in [1.54, 1.807) is 0 Å². The van der Waals surface area contributed by atoms with Crippen LogP contribution in [0.5, 0.6) is 5.75 Å². The molecule has 0 heterocycles. The Bertz CT molecular complexity index is 1160. The van der Waals surface area contributed by atoms with E-state index >= 15 is 0 Å². The molecule has 1 atom stereocenters. The molecule has 4 aromatic rings. The van der Waals surface area contributed by atoms with Crippen LogP contribution in [0.2, 0.25) is 0 Å². The maximum atomic E-state index is 11.2. The van der Waals surface area contributed by atoms with Crippen molar-refractivity contribution in [1.29, 1.82) is 0 Å². The number of aromatic hydroxyl groups is 1. The first kappa shape index (κ1) is 26.0. The molecule has 0 aliphatic carbocycles. The van der Waals surface area contributed by atoms with Crippen LogP contribution in [0, 0.1) is 0 Å². The van der Waals surface area contributed by atoms with E-state index in [0.717, 1.165) is 34.1 Å². The molecule has 6 heteroatoms. The number of hydrogen-bond acceptors (Lipinski definition) is 2. The van der Waals surface area contributed by atoms with Gasteiger partial charge < -0.3 is 10.0 Å². The van der Waals surface area contributed by atoms with Crippen molar-refractivity contribution in [2.75, 3.05) is 14.1 Å². The maximum absolute atomic E-state index is 11.2. The molecule has 0 aliphatic heterocycles. The molecule has 168 valence electrons. The van der Waals surface area contributed by atoms with Crippen LogP contribution in [0.15, 0.2) is 97.1 Å². The van der Waals surface area contributed by atoms with Crippen LogP contribution in [-0.4, -0.2) is 24.1 Å². The quantitative estimate of drug-likeness (QED) is 0.219. The van der Waals surface area contributed by atoms with Crippen LogP contribution >= 0.6 is 27.2 Å².